The molecule has 3 amide bonds. The number of nitrogens with one attached hydrogen (secondary N) is 2. The van der Waals surface area contributed by atoms with Crippen molar-refractivity contribution in [2.45, 2.75) is 38.8 Å². The predicted molar refractivity (Wildman–Crippen MR) is 126 cm³/mol. The molecule has 170 valence electrons. The molecule has 3 rings (SSSR count). The molecule has 2 aromatic carbocycles. The van der Waals surface area contributed by atoms with Gasteiger partial charge in [0.25, 0.3) is 0 Å². The van der Waals surface area contributed by atoms with Crippen molar-refractivity contribution in [1.29, 1.82) is 0 Å². The number of likely N-dealkylation sites (tertiary alicyclic amines) is 1. The van der Waals surface area contributed by atoms with Gasteiger partial charge in [0, 0.05) is 30.9 Å². The molecule has 1 aliphatic rings. The van der Waals surface area contributed by atoms with Gasteiger partial charge in [0.15, 0.2) is 11.5 Å². The maximum absolute atomic E-state index is 12.4. The van der Waals surface area contributed by atoms with Gasteiger partial charge < -0.3 is 25.0 Å². The van der Waals surface area contributed by atoms with E-state index in [2.05, 4.69) is 10.6 Å². The first-order valence-corrected chi connectivity index (χ1v) is 10.9. The average molecular weight is 438 g/mol. The molecular formula is C25H31N3O4. The highest BCUT2D eigenvalue weighted by Gasteiger charge is 2.23. The first-order valence-electron chi connectivity index (χ1n) is 10.9. The van der Waals surface area contributed by atoms with Crippen LogP contribution in [0.4, 0.5) is 10.5 Å². The molecule has 2 N–H and O–H groups in total. The Morgan fingerprint density at radius 3 is 2.44 bits per heavy atom. The van der Waals surface area contributed by atoms with E-state index in [1.165, 1.54) is 6.08 Å². The molecule has 7 nitrogen and oxygen atoms in total. The smallest absolute Gasteiger partial charge is 0.321 e. The number of hydrogen-bond acceptors (Lipinski definition) is 4. The minimum Gasteiger partial charge on any atom is -0.493 e. The van der Waals surface area contributed by atoms with Crippen LogP contribution < -0.4 is 20.1 Å². The molecule has 0 radical (unpaired) electrons. The fourth-order valence-electron chi connectivity index (χ4n) is 3.51. The number of piperidine rings is 1. The van der Waals surface area contributed by atoms with Gasteiger partial charge in [-0.3, -0.25) is 4.79 Å². The van der Waals surface area contributed by atoms with E-state index in [1.54, 1.807) is 18.1 Å². The standard InChI is InChI=1S/C25H31N3O4/c1-18(2)32-22-11-9-19(17-23(22)31-3)10-12-24(29)26-21-13-15-28(16-14-21)25(30)27-20-7-5-4-6-8-20/h4-12,17-18,21H,13-16H2,1-3H3,(H,26,29)(H,27,30)/b12-10+. The van der Waals surface area contributed by atoms with Gasteiger partial charge in [0.1, 0.15) is 0 Å². The Hall–Kier alpha value is -3.48. The highest BCUT2D eigenvalue weighted by Crippen LogP contribution is 2.29. The Kier molecular flexibility index (Phi) is 8.14. The van der Waals surface area contributed by atoms with Gasteiger partial charge in [-0.25, -0.2) is 4.79 Å². The summed E-state index contributed by atoms with van der Waals surface area (Å²) in [4.78, 5) is 26.5. The molecule has 0 atom stereocenters. The minimum absolute atomic E-state index is 0.0456. The van der Waals surface area contributed by atoms with Gasteiger partial charge >= 0.3 is 6.03 Å². The molecule has 1 aliphatic heterocycles. The third kappa shape index (κ3) is 6.77. The molecule has 1 fully saturated rings. The second-order valence-electron chi connectivity index (χ2n) is 7.98. The number of carbonyl (C=O) groups is 2. The minimum atomic E-state index is -0.154. The molecule has 0 spiro atoms. The molecule has 0 unspecified atom stereocenters. The van der Waals surface area contributed by atoms with Crippen LogP contribution in [-0.2, 0) is 4.79 Å². The third-order valence-electron chi connectivity index (χ3n) is 5.13. The molecule has 32 heavy (non-hydrogen) atoms. The van der Waals surface area contributed by atoms with Gasteiger partial charge in [0.2, 0.25) is 5.91 Å². The molecule has 2 aromatic rings. The molecule has 7 heteroatoms. The Morgan fingerprint density at radius 1 is 1.06 bits per heavy atom. The van der Waals surface area contributed by atoms with Gasteiger partial charge in [-0.1, -0.05) is 24.3 Å². The van der Waals surface area contributed by atoms with Gasteiger partial charge in [-0.2, -0.15) is 0 Å². The van der Waals surface area contributed by atoms with E-state index in [4.69, 9.17) is 9.47 Å². The zero-order chi connectivity index (χ0) is 22.9. The van der Waals surface area contributed by atoms with Crippen molar-refractivity contribution in [3.05, 3.63) is 60.2 Å². The normalized spacial score (nSPS) is 14.4. The number of carbonyl (C=O) groups excluding carboxylic acids is 2. The monoisotopic (exact) mass is 437 g/mol. The van der Waals surface area contributed by atoms with E-state index in [1.807, 2.05) is 62.4 Å². The van der Waals surface area contributed by atoms with E-state index >= 15 is 0 Å². The van der Waals surface area contributed by atoms with Crippen LogP contribution >= 0.6 is 0 Å². The largest absolute Gasteiger partial charge is 0.493 e. The predicted octanol–water partition coefficient (Wildman–Crippen LogP) is 4.31. The van der Waals surface area contributed by atoms with Crippen molar-refractivity contribution in [2.75, 3.05) is 25.5 Å². The van der Waals surface area contributed by atoms with E-state index in [9.17, 15) is 9.59 Å². The number of nitrogens with zero attached hydrogens (tertiary/aromatic N) is 1. The van der Waals surface area contributed by atoms with Crippen molar-refractivity contribution in [3.63, 3.8) is 0 Å². The van der Waals surface area contributed by atoms with Crippen LogP contribution in [-0.4, -0.2) is 49.2 Å². The van der Waals surface area contributed by atoms with Crippen LogP contribution in [0.5, 0.6) is 11.5 Å². The van der Waals surface area contributed by atoms with E-state index in [0.29, 0.717) is 24.6 Å². The van der Waals surface area contributed by atoms with Gasteiger partial charge in [0.05, 0.1) is 13.2 Å². The summed E-state index contributed by atoms with van der Waals surface area (Å²) in [5.41, 5.74) is 1.62. The number of anilines is 1. The fourth-order valence-corrected chi connectivity index (χ4v) is 3.51. The van der Waals surface area contributed by atoms with Gasteiger partial charge in [-0.15, -0.1) is 0 Å². The molecule has 0 aliphatic carbocycles. The van der Waals surface area contributed by atoms with E-state index in [-0.39, 0.29) is 24.1 Å². The van der Waals surface area contributed by atoms with Crippen LogP contribution in [0.3, 0.4) is 0 Å². The van der Waals surface area contributed by atoms with Crippen LogP contribution in [0, 0.1) is 0 Å². The first kappa shape index (κ1) is 23.2. The summed E-state index contributed by atoms with van der Waals surface area (Å²) in [5.74, 6) is 1.15. The lowest BCUT2D eigenvalue weighted by atomic mass is 10.1. The molecule has 0 saturated carbocycles. The first-order chi connectivity index (χ1) is 15.4. The summed E-state index contributed by atoms with van der Waals surface area (Å²) < 4.78 is 11.1. The number of amides is 3. The molecule has 1 heterocycles. The molecular weight excluding hydrogens is 406 g/mol. The van der Waals surface area contributed by atoms with Crippen LogP contribution in [0.25, 0.3) is 6.08 Å². The third-order valence-corrected chi connectivity index (χ3v) is 5.13. The quantitative estimate of drug-likeness (QED) is 0.633. The van der Waals surface area contributed by atoms with Crippen molar-refractivity contribution >= 4 is 23.7 Å². The average Bonchev–Trinajstić information content (AvgIpc) is 2.79. The lowest BCUT2D eigenvalue weighted by Crippen LogP contribution is -2.47. The summed E-state index contributed by atoms with van der Waals surface area (Å²) in [6, 6.07) is 14.9. The number of urea groups is 1. The Balaban J connectivity index is 1.46. The second-order valence-corrected chi connectivity index (χ2v) is 7.98. The van der Waals surface area contributed by atoms with E-state index < -0.39 is 0 Å². The summed E-state index contributed by atoms with van der Waals surface area (Å²) in [6.45, 7) is 5.11. The lowest BCUT2D eigenvalue weighted by Gasteiger charge is -2.32. The fraction of sp³-hybridized carbons (Fsp3) is 0.360. The zero-order valence-electron chi connectivity index (χ0n) is 18.8. The maximum Gasteiger partial charge on any atom is 0.321 e. The Bertz CT molecular complexity index is 935. The number of ether oxygens (including phenoxy) is 2. The highest BCUT2D eigenvalue weighted by atomic mass is 16.5. The maximum atomic E-state index is 12.4. The van der Waals surface area contributed by atoms with Crippen molar-refractivity contribution < 1.29 is 19.1 Å². The Morgan fingerprint density at radius 2 is 1.78 bits per heavy atom. The Labute approximate surface area is 189 Å². The molecule has 0 bridgehead atoms. The van der Waals surface area contributed by atoms with Crippen molar-refractivity contribution in [3.8, 4) is 11.5 Å². The number of hydrogen-bond donors (Lipinski definition) is 2. The van der Waals surface area contributed by atoms with E-state index in [0.717, 1.165) is 24.1 Å². The van der Waals surface area contributed by atoms with Crippen LogP contribution in [0.15, 0.2) is 54.6 Å². The number of methoxy groups -OCH3 is 1. The van der Waals surface area contributed by atoms with Crippen molar-refractivity contribution in [1.82, 2.24) is 10.2 Å². The number of rotatable bonds is 7. The van der Waals surface area contributed by atoms with Crippen molar-refractivity contribution in [2.24, 2.45) is 0 Å². The van der Waals surface area contributed by atoms with Crippen LogP contribution in [0.1, 0.15) is 32.3 Å². The topological polar surface area (TPSA) is 79.9 Å². The summed E-state index contributed by atoms with van der Waals surface area (Å²) >= 11 is 0. The van der Waals surface area contributed by atoms with Crippen LogP contribution in [0.2, 0.25) is 0 Å². The lowest BCUT2D eigenvalue weighted by molar-refractivity contribution is -0.117. The number of benzene rings is 2. The zero-order valence-corrected chi connectivity index (χ0v) is 18.8. The molecule has 0 aromatic heterocycles. The summed E-state index contributed by atoms with van der Waals surface area (Å²) in [5, 5.41) is 5.92. The second kappa shape index (κ2) is 11.2. The summed E-state index contributed by atoms with van der Waals surface area (Å²) in [6.07, 6.45) is 4.76. The van der Waals surface area contributed by atoms with Gasteiger partial charge in [-0.05, 0) is 62.6 Å². The molecule has 1 saturated heterocycles. The SMILES string of the molecule is COc1cc(/C=C/C(=O)NC2CCN(C(=O)Nc3ccccc3)CC2)ccc1OC(C)C. The highest BCUT2D eigenvalue weighted by molar-refractivity contribution is 5.92. The number of para-hydroxylation sites is 1. The summed E-state index contributed by atoms with van der Waals surface area (Å²) in [7, 11) is 1.59.